The second-order valence-electron chi connectivity index (χ2n) is 4.99. The summed E-state index contributed by atoms with van der Waals surface area (Å²) in [5.41, 5.74) is 2.51. The molecule has 108 valence electrons. The monoisotopic (exact) mass is 291 g/mol. The normalized spacial score (nSPS) is 12.6. The molecule has 1 heterocycles. The summed E-state index contributed by atoms with van der Waals surface area (Å²) in [5.74, 6) is 1.07. The van der Waals surface area contributed by atoms with Crippen LogP contribution in [0.4, 0.5) is 0 Å². The van der Waals surface area contributed by atoms with Gasteiger partial charge in [-0.25, -0.2) is 0 Å². The van der Waals surface area contributed by atoms with Crippen LogP contribution in [0, 0.1) is 0 Å². The lowest BCUT2D eigenvalue weighted by molar-refractivity contribution is 0.481. The molecule has 1 aromatic carbocycles. The third kappa shape index (κ3) is 3.87. The summed E-state index contributed by atoms with van der Waals surface area (Å²) in [6.07, 6.45) is 4.74. The zero-order chi connectivity index (χ0) is 14.4. The van der Waals surface area contributed by atoms with Crippen LogP contribution in [-0.4, -0.2) is 6.54 Å². The summed E-state index contributed by atoms with van der Waals surface area (Å²) in [5, 5.41) is 4.40. The van der Waals surface area contributed by atoms with E-state index >= 15 is 0 Å². The SMILES string of the molecule is CCCNC(Cc1cccc(Cl)c1)c1ccoc1CC. The molecule has 2 rings (SSSR count). The van der Waals surface area contributed by atoms with Gasteiger partial charge >= 0.3 is 0 Å². The van der Waals surface area contributed by atoms with E-state index in [2.05, 4.69) is 31.3 Å². The first-order valence-electron chi connectivity index (χ1n) is 7.28. The lowest BCUT2D eigenvalue weighted by Gasteiger charge is -2.19. The number of hydrogen-bond donors (Lipinski definition) is 1. The maximum Gasteiger partial charge on any atom is 0.108 e. The highest BCUT2D eigenvalue weighted by molar-refractivity contribution is 6.30. The average Bonchev–Trinajstić information content (AvgIpc) is 2.92. The summed E-state index contributed by atoms with van der Waals surface area (Å²) < 4.78 is 5.57. The number of furan rings is 1. The van der Waals surface area contributed by atoms with Gasteiger partial charge in [0.05, 0.1) is 6.26 Å². The van der Waals surface area contributed by atoms with Crippen molar-refractivity contribution in [2.24, 2.45) is 0 Å². The molecular formula is C17H22ClNO. The molecule has 0 bridgehead atoms. The fraction of sp³-hybridized carbons (Fsp3) is 0.412. The number of nitrogens with one attached hydrogen (secondary N) is 1. The van der Waals surface area contributed by atoms with Crippen molar-refractivity contribution in [2.45, 2.75) is 39.2 Å². The molecule has 20 heavy (non-hydrogen) atoms. The molecule has 1 atom stereocenters. The first-order chi connectivity index (χ1) is 9.74. The molecule has 1 unspecified atom stereocenters. The van der Waals surface area contributed by atoms with Crippen LogP contribution in [0.15, 0.2) is 41.0 Å². The van der Waals surface area contributed by atoms with Gasteiger partial charge in [0.1, 0.15) is 5.76 Å². The van der Waals surface area contributed by atoms with Gasteiger partial charge in [-0.05, 0) is 43.1 Å². The molecule has 0 radical (unpaired) electrons. The summed E-state index contributed by atoms with van der Waals surface area (Å²) in [7, 11) is 0. The molecule has 0 aliphatic heterocycles. The highest BCUT2D eigenvalue weighted by atomic mass is 35.5. The van der Waals surface area contributed by atoms with Crippen LogP contribution in [0.3, 0.4) is 0 Å². The van der Waals surface area contributed by atoms with Crippen LogP contribution in [0.5, 0.6) is 0 Å². The van der Waals surface area contributed by atoms with Gasteiger partial charge < -0.3 is 9.73 Å². The smallest absolute Gasteiger partial charge is 0.108 e. The molecule has 0 saturated heterocycles. The molecule has 0 aliphatic rings. The zero-order valence-electron chi connectivity index (χ0n) is 12.2. The van der Waals surface area contributed by atoms with E-state index in [1.165, 1.54) is 11.1 Å². The minimum absolute atomic E-state index is 0.280. The molecule has 0 saturated carbocycles. The highest BCUT2D eigenvalue weighted by Gasteiger charge is 2.17. The standard InChI is InChI=1S/C17H22ClNO/c1-3-9-19-16(15-8-10-20-17(15)4-2)12-13-6-5-7-14(18)11-13/h5-8,10-11,16,19H,3-4,9,12H2,1-2H3. The third-order valence-electron chi connectivity index (χ3n) is 3.45. The van der Waals surface area contributed by atoms with Crippen LogP contribution in [0.2, 0.25) is 5.02 Å². The van der Waals surface area contributed by atoms with E-state index < -0.39 is 0 Å². The van der Waals surface area contributed by atoms with Crippen LogP contribution in [0.1, 0.15) is 43.2 Å². The lowest BCUT2D eigenvalue weighted by atomic mass is 9.98. The predicted molar refractivity (Wildman–Crippen MR) is 84.3 cm³/mol. The van der Waals surface area contributed by atoms with Gasteiger partial charge in [-0.2, -0.15) is 0 Å². The van der Waals surface area contributed by atoms with Gasteiger partial charge in [0.25, 0.3) is 0 Å². The second-order valence-corrected chi connectivity index (χ2v) is 5.43. The van der Waals surface area contributed by atoms with Crippen molar-refractivity contribution in [2.75, 3.05) is 6.54 Å². The first-order valence-corrected chi connectivity index (χ1v) is 7.66. The van der Waals surface area contributed by atoms with Crippen molar-refractivity contribution in [1.29, 1.82) is 0 Å². The Balaban J connectivity index is 2.19. The number of benzene rings is 1. The second kappa shape index (κ2) is 7.51. The Morgan fingerprint density at radius 1 is 1.25 bits per heavy atom. The lowest BCUT2D eigenvalue weighted by Crippen LogP contribution is -2.24. The van der Waals surface area contributed by atoms with E-state index in [1.54, 1.807) is 6.26 Å². The highest BCUT2D eigenvalue weighted by Crippen LogP contribution is 2.24. The van der Waals surface area contributed by atoms with Crippen molar-refractivity contribution in [1.82, 2.24) is 5.32 Å². The Hall–Kier alpha value is -1.25. The summed E-state index contributed by atoms with van der Waals surface area (Å²) >= 11 is 6.08. The Bertz CT molecular complexity index is 535. The van der Waals surface area contributed by atoms with Gasteiger partial charge in [-0.1, -0.05) is 37.6 Å². The van der Waals surface area contributed by atoms with Crippen molar-refractivity contribution in [3.63, 3.8) is 0 Å². The van der Waals surface area contributed by atoms with Crippen molar-refractivity contribution < 1.29 is 4.42 Å². The van der Waals surface area contributed by atoms with E-state index in [9.17, 15) is 0 Å². The van der Waals surface area contributed by atoms with Crippen LogP contribution < -0.4 is 5.32 Å². The molecule has 2 nitrogen and oxygen atoms in total. The Morgan fingerprint density at radius 2 is 2.10 bits per heavy atom. The van der Waals surface area contributed by atoms with Crippen LogP contribution >= 0.6 is 11.6 Å². The molecular weight excluding hydrogens is 270 g/mol. The molecule has 0 amide bonds. The van der Waals surface area contributed by atoms with E-state index in [0.29, 0.717) is 0 Å². The topological polar surface area (TPSA) is 25.2 Å². The van der Waals surface area contributed by atoms with Gasteiger partial charge in [0.2, 0.25) is 0 Å². The number of rotatable bonds is 7. The average molecular weight is 292 g/mol. The fourth-order valence-corrected chi connectivity index (χ4v) is 2.67. The van der Waals surface area contributed by atoms with E-state index in [1.807, 2.05) is 18.2 Å². The van der Waals surface area contributed by atoms with E-state index in [0.717, 1.165) is 36.6 Å². The first kappa shape index (κ1) is 15.1. The fourth-order valence-electron chi connectivity index (χ4n) is 2.46. The molecule has 0 aliphatic carbocycles. The Morgan fingerprint density at radius 3 is 2.80 bits per heavy atom. The van der Waals surface area contributed by atoms with Gasteiger partial charge in [0.15, 0.2) is 0 Å². The summed E-state index contributed by atoms with van der Waals surface area (Å²) in [6.45, 7) is 5.30. The Kier molecular flexibility index (Phi) is 5.69. The van der Waals surface area contributed by atoms with Crippen molar-refractivity contribution >= 4 is 11.6 Å². The van der Waals surface area contributed by atoms with E-state index in [4.69, 9.17) is 16.0 Å². The molecule has 1 N–H and O–H groups in total. The van der Waals surface area contributed by atoms with Crippen LogP contribution in [0.25, 0.3) is 0 Å². The quantitative estimate of drug-likeness (QED) is 0.794. The predicted octanol–water partition coefficient (Wildman–Crippen LogP) is 4.78. The number of aryl methyl sites for hydroxylation is 1. The van der Waals surface area contributed by atoms with Gasteiger partial charge in [0, 0.05) is 23.0 Å². The zero-order valence-corrected chi connectivity index (χ0v) is 12.9. The third-order valence-corrected chi connectivity index (χ3v) is 3.68. The molecule has 2 aromatic rings. The maximum absolute atomic E-state index is 6.08. The molecule has 1 aromatic heterocycles. The number of hydrogen-bond acceptors (Lipinski definition) is 2. The summed E-state index contributed by atoms with van der Waals surface area (Å²) in [4.78, 5) is 0. The number of halogens is 1. The van der Waals surface area contributed by atoms with Crippen LogP contribution in [-0.2, 0) is 12.8 Å². The van der Waals surface area contributed by atoms with Crippen molar-refractivity contribution in [3.05, 3.63) is 58.5 Å². The van der Waals surface area contributed by atoms with E-state index in [-0.39, 0.29) is 6.04 Å². The molecule has 3 heteroatoms. The maximum atomic E-state index is 6.08. The minimum atomic E-state index is 0.280. The largest absolute Gasteiger partial charge is 0.469 e. The summed E-state index contributed by atoms with van der Waals surface area (Å²) in [6, 6.07) is 10.4. The van der Waals surface area contributed by atoms with Gasteiger partial charge in [-0.15, -0.1) is 0 Å². The molecule has 0 spiro atoms. The van der Waals surface area contributed by atoms with Gasteiger partial charge in [-0.3, -0.25) is 0 Å². The molecule has 0 fully saturated rings. The Labute approximate surface area is 126 Å². The van der Waals surface area contributed by atoms with Crippen molar-refractivity contribution in [3.8, 4) is 0 Å². The minimum Gasteiger partial charge on any atom is -0.469 e.